The van der Waals surface area contributed by atoms with Gasteiger partial charge in [0.2, 0.25) is 0 Å². The van der Waals surface area contributed by atoms with Crippen LogP contribution in [0.5, 0.6) is 0 Å². The standard InChI is InChI=1S/C15H21NO3/c17-10-13(18)9-14-15(7-4-8-16-14)19-11-12-5-2-1-3-6-12/h1-3,5-6,14-17H,4,7-11H2/t14-,15-/m1/s1. The van der Waals surface area contributed by atoms with E-state index >= 15 is 0 Å². The zero-order valence-electron chi connectivity index (χ0n) is 11.0. The normalized spacial score (nSPS) is 23.2. The smallest absolute Gasteiger partial charge is 0.159 e. The Kier molecular flexibility index (Phi) is 5.51. The minimum atomic E-state index is -0.385. The lowest BCUT2D eigenvalue weighted by atomic mass is 9.96. The quantitative estimate of drug-likeness (QED) is 0.811. The predicted molar refractivity (Wildman–Crippen MR) is 72.8 cm³/mol. The highest BCUT2D eigenvalue weighted by atomic mass is 16.5. The molecule has 0 spiro atoms. The first-order valence-corrected chi connectivity index (χ1v) is 6.81. The van der Waals surface area contributed by atoms with Gasteiger partial charge in [0.15, 0.2) is 5.78 Å². The number of benzene rings is 1. The van der Waals surface area contributed by atoms with Gasteiger partial charge in [-0.3, -0.25) is 4.79 Å². The van der Waals surface area contributed by atoms with Crippen LogP contribution in [0.1, 0.15) is 24.8 Å². The molecule has 0 saturated carbocycles. The molecule has 1 aliphatic rings. The minimum Gasteiger partial charge on any atom is -0.389 e. The van der Waals surface area contributed by atoms with Crippen molar-refractivity contribution in [2.45, 2.75) is 38.0 Å². The van der Waals surface area contributed by atoms with Crippen molar-refractivity contribution in [1.82, 2.24) is 5.32 Å². The monoisotopic (exact) mass is 263 g/mol. The maximum Gasteiger partial charge on any atom is 0.159 e. The number of carbonyl (C=O) groups excluding carboxylic acids is 1. The molecule has 2 rings (SSSR count). The molecule has 0 radical (unpaired) electrons. The minimum absolute atomic E-state index is 0.0251. The highest BCUT2D eigenvalue weighted by Gasteiger charge is 2.27. The van der Waals surface area contributed by atoms with Gasteiger partial charge in [-0.25, -0.2) is 0 Å². The summed E-state index contributed by atoms with van der Waals surface area (Å²) >= 11 is 0. The van der Waals surface area contributed by atoms with Crippen LogP contribution in [0, 0.1) is 0 Å². The molecule has 0 aliphatic carbocycles. The van der Waals surface area contributed by atoms with Gasteiger partial charge in [0, 0.05) is 12.5 Å². The molecule has 1 aromatic rings. The molecule has 19 heavy (non-hydrogen) atoms. The summed E-state index contributed by atoms with van der Waals surface area (Å²) in [6, 6.07) is 10.1. The van der Waals surface area contributed by atoms with Gasteiger partial charge in [-0.1, -0.05) is 30.3 Å². The second kappa shape index (κ2) is 7.38. The number of ether oxygens (including phenoxy) is 1. The van der Waals surface area contributed by atoms with Gasteiger partial charge in [-0.15, -0.1) is 0 Å². The van der Waals surface area contributed by atoms with E-state index in [1.807, 2.05) is 30.3 Å². The van der Waals surface area contributed by atoms with E-state index in [9.17, 15) is 4.79 Å². The van der Waals surface area contributed by atoms with Crippen LogP contribution in [0.3, 0.4) is 0 Å². The average Bonchev–Trinajstić information content (AvgIpc) is 2.47. The van der Waals surface area contributed by atoms with E-state index in [1.165, 1.54) is 0 Å². The lowest BCUT2D eigenvalue weighted by Crippen LogP contribution is -2.47. The van der Waals surface area contributed by atoms with Gasteiger partial charge in [-0.2, -0.15) is 0 Å². The Morgan fingerprint density at radius 2 is 2.16 bits per heavy atom. The number of rotatable bonds is 6. The van der Waals surface area contributed by atoms with E-state index in [4.69, 9.17) is 9.84 Å². The van der Waals surface area contributed by atoms with Gasteiger partial charge in [0.05, 0.1) is 12.7 Å². The number of piperidine rings is 1. The van der Waals surface area contributed by atoms with E-state index in [2.05, 4.69) is 5.32 Å². The number of nitrogens with one attached hydrogen (secondary N) is 1. The Morgan fingerprint density at radius 3 is 2.89 bits per heavy atom. The molecule has 0 bridgehead atoms. The largest absolute Gasteiger partial charge is 0.389 e. The van der Waals surface area contributed by atoms with Crippen molar-refractivity contribution in [3.63, 3.8) is 0 Å². The lowest BCUT2D eigenvalue weighted by molar-refractivity contribution is -0.123. The number of aliphatic hydroxyl groups excluding tert-OH is 1. The predicted octanol–water partition coefficient (Wildman–Crippen LogP) is 1.28. The second-order valence-electron chi connectivity index (χ2n) is 4.94. The SMILES string of the molecule is O=C(CO)C[C@H]1NCCC[C@H]1OCc1ccccc1. The van der Waals surface area contributed by atoms with Crippen LogP contribution < -0.4 is 5.32 Å². The molecule has 2 atom stereocenters. The third-order valence-electron chi connectivity index (χ3n) is 3.45. The molecule has 4 nitrogen and oxygen atoms in total. The van der Waals surface area contributed by atoms with Crippen LogP contribution in [0.2, 0.25) is 0 Å². The first kappa shape index (κ1) is 14.2. The number of ketones is 1. The van der Waals surface area contributed by atoms with E-state index in [0.29, 0.717) is 13.0 Å². The van der Waals surface area contributed by atoms with Crippen molar-refractivity contribution in [3.05, 3.63) is 35.9 Å². The molecule has 0 unspecified atom stereocenters. The van der Waals surface area contributed by atoms with Gasteiger partial charge in [0.1, 0.15) is 6.61 Å². The summed E-state index contributed by atoms with van der Waals surface area (Å²) in [4.78, 5) is 11.4. The molecule has 104 valence electrons. The number of hydrogen-bond donors (Lipinski definition) is 2. The van der Waals surface area contributed by atoms with Crippen molar-refractivity contribution in [2.24, 2.45) is 0 Å². The zero-order valence-corrected chi connectivity index (χ0v) is 11.0. The summed E-state index contributed by atoms with van der Waals surface area (Å²) < 4.78 is 5.93. The first-order valence-electron chi connectivity index (χ1n) is 6.81. The Morgan fingerprint density at radius 1 is 1.37 bits per heavy atom. The van der Waals surface area contributed by atoms with Gasteiger partial charge >= 0.3 is 0 Å². The molecule has 1 heterocycles. The number of hydrogen-bond acceptors (Lipinski definition) is 4. The summed E-state index contributed by atoms with van der Waals surface area (Å²) in [6.45, 7) is 1.09. The van der Waals surface area contributed by atoms with Crippen molar-refractivity contribution in [1.29, 1.82) is 0 Å². The fraction of sp³-hybridized carbons (Fsp3) is 0.533. The van der Waals surface area contributed by atoms with Crippen molar-refractivity contribution >= 4 is 5.78 Å². The van der Waals surface area contributed by atoms with E-state index in [0.717, 1.165) is 24.9 Å². The zero-order chi connectivity index (χ0) is 13.5. The third-order valence-corrected chi connectivity index (χ3v) is 3.45. The molecule has 1 aliphatic heterocycles. The fourth-order valence-corrected chi connectivity index (χ4v) is 2.41. The molecule has 1 aromatic carbocycles. The summed E-state index contributed by atoms with van der Waals surface area (Å²) in [5, 5.41) is 12.2. The molecule has 0 amide bonds. The number of aliphatic hydroxyl groups is 1. The van der Waals surface area contributed by atoms with E-state index < -0.39 is 0 Å². The number of carbonyl (C=O) groups is 1. The highest BCUT2D eigenvalue weighted by Crippen LogP contribution is 2.17. The Bertz CT molecular complexity index is 394. The first-order chi connectivity index (χ1) is 9.29. The third kappa shape index (κ3) is 4.42. The summed E-state index contributed by atoms with van der Waals surface area (Å²) in [7, 11) is 0. The second-order valence-corrected chi connectivity index (χ2v) is 4.94. The highest BCUT2D eigenvalue weighted by molar-refractivity contribution is 5.80. The lowest BCUT2D eigenvalue weighted by Gasteiger charge is -2.32. The Hall–Kier alpha value is -1.23. The van der Waals surface area contributed by atoms with Crippen molar-refractivity contribution < 1.29 is 14.6 Å². The van der Waals surface area contributed by atoms with Gasteiger partial charge in [0.25, 0.3) is 0 Å². The van der Waals surface area contributed by atoms with E-state index in [-0.39, 0.29) is 24.5 Å². The van der Waals surface area contributed by atoms with Crippen LogP contribution in [0.4, 0.5) is 0 Å². The van der Waals surface area contributed by atoms with Crippen LogP contribution in [-0.2, 0) is 16.1 Å². The van der Waals surface area contributed by atoms with Gasteiger partial charge in [-0.05, 0) is 24.9 Å². The maximum absolute atomic E-state index is 11.4. The number of Topliss-reactive ketones (excluding diaryl/α,β-unsaturated/α-hetero) is 1. The molecular weight excluding hydrogens is 242 g/mol. The summed E-state index contributed by atoms with van der Waals surface area (Å²) in [5.41, 5.74) is 1.14. The Labute approximate surface area is 113 Å². The summed E-state index contributed by atoms with van der Waals surface area (Å²) in [6.07, 6.45) is 2.41. The van der Waals surface area contributed by atoms with Gasteiger partial charge < -0.3 is 15.2 Å². The van der Waals surface area contributed by atoms with Crippen LogP contribution in [0.15, 0.2) is 30.3 Å². The van der Waals surface area contributed by atoms with Crippen LogP contribution in [-0.4, -0.2) is 36.2 Å². The molecule has 0 aromatic heterocycles. The fourth-order valence-electron chi connectivity index (χ4n) is 2.41. The molecule has 4 heteroatoms. The van der Waals surface area contributed by atoms with E-state index in [1.54, 1.807) is 0 Å². The van der Waals surface area contributed by atoms with Crippen LogP contribution in [0.25, 0.3) is 0 Å². The molecule has 2 N–H and O–H groups in total. The average molecular weight is 263 g/mol. The Balaban J connectivity index is 1.87. The van der Waals surface area contributed by atoms with Crippen molar-refractivity contribution in [2.75, 3.05) is 13.2 Å². The molecule has 1 saturated heterocycles. The van der Waals surface area contributed by atoms with Crippen LogP contribution >= 0.6 is 0 Å². The summed E-state index contributed by atoms with van der Waals surface area (Å²) in [5.74, 6) is -0.132. The topological polar surface area (TPSA) is 58.6 Å². The maximum atomic E-state index is 11.4. The molecule has 1 fully saturated rings. The molecular formula is C15H21NO3. The van der Waals surface area contributed by atoms with Crippen molar-refractivity contribution in [3.8, 4) is 0 Å².